The van der Waals surface area contributed by atoms with E-state index in [1.165, 1.54) is 0 Å². The summed E-state index contributed by atoms with van der Waals surface area (Å²) in [6.45, 7) is 4.60. The number of rotatable bonds is 2. The highest BCUT2D eigenvalue weighted by molar-refractivity contribution is 5.94. The van der Waals surface area contributed by atoms with Crippen LogP contribution in [0.25, 0.3) is 0 Å². The smallest absolute Gasteiger partial charge is 0.226 e. The van der Waals surface area contributed by atoms with Crippen LogP contribution in [0.15, 0.2) is 12.1 Å². The Bertz CT molecular complexity index is 752. The maximum atomic E-state index is 14.1. The molecule has 3 rings (SSSR count). The van der Waals surface area contributed by atoms with E-state index in [2.05, 4.69) is 4.90 Å². The van der Waals surface area contributed by atoms with Crippen LogP contribution >= 0.6 is 0 Å². The van der Waals surface area contributed by atoms with E-state index >= 15 is 0 Å². The summed E-state index contributed by atoms with van der Waals surface area (Å²) < 4.78 is 28.2. The van der Waals surface area contributed by atoms with E-state index < -0.39 is 11.6 Å². The lowest BCUT2D eigenvalue weighted by molar-refractivity contribution is -0.138. The zero-order valence-electron chi connectivity index (χ0n) is 17.4. The zero-order valence-corrected chi connectivity index (χ0v) is 17.4. The van der Waals surface area contributed by atoms with Crippen molar-refractivity contribution < 1.29 is 18.4 Å². The average Bonchev–Trinajstić information content (AvgIpc) is 2.64. The fourth-order valence-electron chi connectivity index (χ4n) is 4.05. The van der Waals surface area contributed by atoms with Gasteiger partial charge in [-0.1, -0.05) is 13.3 Å². The molecule has 1 heterocycles. The van der Waals surface area contributed by atoms with E-state index in [-0.39, 0.29) is 30.7 Å². The van der Waals surface area contributed by atoms with E-state index in [9.17, 15) is 18.4 Å². The summed E-state index contributed by atoms with van der Waals surface area (Å²) in [6.07, 6.45) is 4.68. The number of benzene rings is 1. The molecule has 1 saturated carbocycles. The van der Waals surface area contributed by atoms with Gasteiger partial charge in [0.2, 0.25) is 11.8 Å². The van der Waals surface area contributed by atoms with Gasteiger partial charge >= 0.3 is 0 Å². The lowest BCUT2D eigenvalue weighted by atomic mass is 9.84. The minimum Gasteiger partial charge on any atom is -0.338 e. The Kier molecular flexibility index (Phi) is 7.22. The topological polar surface area (TPSA) is 43.9 Å². The summed E-state index contributed by atoms with van der Waals surface area (Å²) in [5.74, 6) is -1.94. The Labute approximate surface area is 171 Å². The number of hydrogen-bond donors (Lipinski definition) is 0. The fourth-order valence-corrected chi connectivity index (χ4v) is 4.05. The maximum Gasteiger partial charge on any atom is 0.226 e. The summed E-state index contributed by atoms with van der Waals surface area (Å²) in [7, 11) is 2.03. The molecule has 1 aliphatic carbocycles. The molecule has 1 aromatic rings. The van der Waals surface area contributed by atoms with Crippen molar-refractivity contribution in [2.24, 2.45) is 5.92 Å². The van der Waals surface area contributed by atoms with E-state index in [1.807, 2.05) is 7.05 Å². The standard InChI is InChI=1S/C22H31F2N3O2/c1-3-21(28)27-12-6-10-25(2)9-5-11-26(22(29)16-7-4-8-16)15-17-13-18(23)19(24)14-20(17)27/h13-14,16H,3-12,15H2,1-2H3. The van der Waals surface area contributed by atoms with Gasteiger partial charge in [-0.2, -0.15) is 0 Å². The van der Waals surface area contributed by atoms with Gasteiger partial charge in [-0.25, -0.2) is 8.78 Å². The van der Waals surface area contributed by atoms with Gasteiger partial charge in [-0.3, -0.25) is 9.59 Å². The molecule has 160 valence electrons. The minimum absolute atomic E-state index is 0.0303. The highest BCUT2D eigenvalue weighted by Gasteiger charge is 2.31. The van der Waals surface area contributed by atoms with E-state index in [1.54, 1.807) is 16.7 Å². The average molecular weight is 408 g/mol. The Morgan fingerprint density at radius 1 is 1.00 bits per heavy atom. The largest absolute Gasteiger partial charge is 0.338 e. The number of amides is 2. The normalized spacial score (nSPS) is 19.7. The third-order valence-electron chi connectivity index (χ3n) is 6.03. The number of fused-ring (bicyclic) bond motifs is 1. The van der Waals surface area contributed by atoms with E-state index in [0.29, 0.717) is 24.3 Å². The Morgan fingerprint density at radius 3 is 2.28 bits per heavy atom. The van der Waals surface area contributed by atoms with Gasteiger partial charge in [-0.05, 0) is 57.5 Å². The molecule has 1 fully saturated rings. The predicted molar refractivity (Wildman–Crippen MR) is 108 cm³/mol. The molecule has 0 saturated heterocycles. The van der Waals surface area contributed by atoms with Gasteiger partial charge in [0.1, 0.15) is 0 Å². The van der Waals surface area contributed by atoms with Gasteiger partial charge in [-0.15, -0.1) is 0 Å². The van der Waals surface area contributed by atoms with Gasteiger partial charge in [0, 0.05) is 38.0 Å². The molecule has 0 radical (unpaired) electrons. The number of nitrogens with zero attached hydrogens (tertiary/aromatic N) is 3. The van der Waals surface area contributed by atoms with Crippen LogP contribution in [0.2, 0.25) is 0 Å². The summed E-state index contributed by atoms with van der Waals surface area (Å²) in [4.78, 5) is 31.1. The van der Waals surface area contributed by atoms with Crippen molar-refractivity contribution in [1.82, 2.24) is 9.80 Å². The minimum atomic E-state index is -0.973. The number of hydrogen-bond acceptors (Lipinski definition) is 3. The van der Waals surface area contributed by atoms with Crippen molar-refractivity contribution in [3.63, 3.8) is 0 Å². The summed E-state index contributed by atoms with van der Waals surface area (Å²) in [6, 6.07) is 2.26. The molecule has 0 N–H and O–H groups in total. The van der Waals surface area contributed by atoms with Crippen LogP contribution in [0, 0.1) is 17.6 Å². The van der Waals surface area contributed by atoms with Crippen molar-refractivity contribution >= 4 is 17.5 Å². The van der Waals surface area contributed by atoms with Crippen LogP contribution in [-0.2, 0) is 16.1 Å². The maximum absolute atomic E-state index is 14.1. The van der Waals surface area contributed by atoms with Crippen molar-refractivity contribution in [2.75, 3.05) is 38.1 Å². The van der Waals surface area contributed by atoms with Crippen LogP contribution in [0.4, 0.5) is 14.5 Å². The molecule has 7 heteroatoms. The highest BCUT2D eigenvalue weighted by Crippen LogP contribution is 2.31. The molecule has 5 nitrogen and oxygen atoms in total. The molecule has 2 amide bonds. The van der Waals surface area contributed by atoms with E-state index in [0.717, 1.165) is 57.3 Å². The van der Waals surface area contributed by atoms with Gasteiger partial charge < -0.3 is 14.7 Å². The summed E-state index contributed by atoms with van der Waals surface area (Å²) in [5, 5.41) is 0. The highest BCUT2D eigenvalue weighted by atomic mass is 19.2. The molecular formula is C22H31F2N3O2. The molecule has 1 aromatic carbocycles. The molecule has 2 aliphatic rings. The Morgan fingerprint density at radius 2 is 1.66 bits per heavy atom. The summed E-state index contributed by atoms with van der Waals surface area (Å²) in [5.41, 5.74) is 0.873. The van der Waals surface area contributed by atoms with Crippen LogP contribution in [-0.4, -0.2) is 54.8 Å². The van der Waals surface area contributed by atoms with Crippen molar-refractivity contribution in [2.45, 2.75) is 52.0 Å². The first kappa shape index (κ1) is 21.7. The second-order valence-electron chi connectivity index (χ2n) is 8.19. The third kappa shape index (κ3) is 5.13. The fraction of sp³-hybridized carbons (Fsp3) is 0.636. The zero-order chi connectivity index (χ0) is 21.0. The third-order valence-corrected chi connectivity index (χ3v) is 6.03. The number of carbonyl (C=O) groups is 2. The second-order valence-corrected chi connectivity index (χ2v) is 8.19. The molecule has 0 atom stereocenters. The van der Waals surface area contributed by atoms with Crippen LogP contribution in [0.3, 0.4) is 0 Å². The Hall–Kier alpha value is -2.02. The van der Waals surface area contributed by atoms with Crippen molar-refractivity contribution in [3.05, 3.63) is 29.3 Å². The van der Waals surface area contributed by atoms with Gasteiger partial charge in [0.05, 0.1) is 5.69 Å². The molecule has 0 aromatic heterocycles. The lowest BCUT2D eigenvalue weighted by Crippen LogP contribution is -2.41. The predicted octanol–water partition coefficient (Wildman–Crippen LogP) is 3.56. The second kappa shape index (κ2) is 9.65. The van der Waals surface area contributed by atoms with Gasteiger partial charge in [0.15, 0.2) is 11.6 Å². The van der Waals surface area contributed by atoms with Gasteiger partial charge in [0.25, 0.3) is 0 Å². The molecule has 0 bridgehead atoms. The first-order chi connectivity index (χ1) is 13.9. The number of anilines is 1. The number of carbonyl (C=O) groups excluding carboxylic acids is 2. The van der Waals surface area contributed by atoms with Crippen LogP contribution in [0.5, 0.6) is 0 Å². The van der Waals surface area contributed by atoms with E-state index in [4.69, 9.17) is 0 Å². The molecule has 0 unspecified atom stereocenters. The SMILES string of the molecule is CCC(=O)N1CCCN(C)CCCN(C(=O)C2CCC2)Cc2cc(F)c(F)cc21. The monoisotopic (exact) mass is 407 g/mol. The molecule has 1 aliphatic heterocycles. The lowest BCUT2D eigenvalue weighted by Gasteiger charge is -2.34. The van der Waals surface area contributed by atoms with Crippen molar-refractivity contribution in [1.29, 1.82) is 0 Å². The first-order valence-electron chi connectivity index (χ1n) is 10.7. The van der Waals surface area contributed by atoms with Crippen LogP contribution in [0.1, 0.15) is 51.0 Å². The Balaban J connectivity index is 1.99. The summed E-state index contributed by atoms with van der Waals surface area (Å²) >= 11 is 0. The number of halogens is 2. The van der Waals surface area contributed by atoms with Crippen LogP contribution < -0.4 is 4.90 Å². The molecular weight excluding hydrogens is 376 g/mol. The first-order valence-corrected chi connectivity index (χ1v) is 10.7. The molecule has 29 heavy (non-hydrogen) atoms. The molecule has 0 spiro atoms. The van der Waals surface area contributed by atoms with Crippen molar-refractivity contribution in [3.8, 4) is 0 Å². The quantitative estimate of drug-likeness (QED) is 0.753.